The number of ether oxygens (including phenoxy) is 1. The van der Waals surface area contributed by atoms with Gasteiger partial charge in [-0.1, -0.05) is 12.1 Å². The van der Waals surface area contributed by atoms with Crippen LogP contribution in [0.25, 0.3) is 21.8 Å². The number of carboxylic acid groups (broad SMARTS) is 1. The molecule has 0 saturated heterocycles. The van der Waals surface area contributed by atoms with Crippen molar-refractivity contribution in [3.8, 4) is 0 Å². The van der Waals surface area contributed by atoms with Gasteiger partial charge in [0.1, 0.15) is 5.69 Å². The Balaban J connectivity index is 0.000000169. The number of aldehydes is 1. The minimum absolute atomic E-state index is 0.292. The van der Waals surface area contributed by atoms with Crippen LogP contribution in [-0.4, -0.2) is 40.4 Å². The summed E-state index contributed by atoms with van der Waals surface area (Å²) >= 11 is 0. The summed E-state index contributed by atoms with van der Waals surface area (Å²) in [4.78, 5) is 40.6. The van der Waals surface area contributed by atoms with Crippen LogP contribution in [0.5, 0.6) is 0 Å². The number of hydrogen-bond acceptors (Lipinski definition) is 6. The van der Waals surface area contributed by atoms with Gasteiger partial charge in [0.05, 0.1) is 29.3 Å². The number of aromatic carboxylic acids is 1. The quantitative estimate of drug-likeness (QED) is 0.420. The molecule has 0 aliphatic rings. The zero-order chi connectivity index (χ0) is 20.8. The van der Waals surface area contributed by atoms with E-state index in [0.29, 0.717) is 28.6 Å². The molecule has 4 rings (SSSR count). The summed E-state index contributed by atoms with van der Waals surface area (Å²) in [6.07, 6.45) is 2.37. The Morgan fingerprint density at radius 3 is 2.34 bits per heavy atom. The van der Waals surface area contributed by atoms with Crippen molar-refractivity contribution in [2.45, 2.75) is 0 Å². The second kappa shape index (κ2) is 8.71. The average molecular weight is 388 g/mol. The standard InChI is InChI=1S/C12H9NO3.C10H7NO2/c1-16-12(15)9-3-5-11-8(6-9)2-4-10(7-14)13-11;12-10(13)8-3-4-9-7(6-8)2-1-5-11-9/h2-7H,1H3;1-6H,(H,12,13). The molecule has 0 aliphatic carbocycles. The Hall–Kier alpha value is -4.13. The predicted molar refractivity (Wildman–Crippen MR) is 107 cm³/mol. The average Bonchev–Trinajstić information content (AvgIpc) is 2.77. The molecule has 2 aromatic heterocycles. The van der Waals surface area contributed by atoms with Gasteiger partial charge in [0.2, 0.25) is 0 Å². The fourth-order valence-electron chi connectivity index (χ4n) is 2.66. The lowest BCUT2D eigenvalue weighted by atomic mass is 10.1. The molecule has 7 heteroatoms. The van der Waals surface area contributed by atoms with E-state index in [9.17, 15) is 14.4 Å². The lowest BCUT2D eigenvalue weighted by molar-refractivity contribution is 0.0600. The van der Waals surface area contributed by atoms with Gasteiger partial charge < -0.3 is 9.84 Å². The molecule has 0 atom stereocenters. The van der Waals surface area contributed by atoms with E-state index >= 15 is 0 Å². The molecule has 0 fully saturated rings. The minimum Gasteiger partial charge on any atom is -0.478 e. The normalized spacial score (nSPS) is 10.1. The molecule has 0 aliphatic heterocycles. The van der Waals surface area contributed by atoms with Gasteiger partial charge in [-0.05, 0) is 48.5 Å². The Kier molecular flexibility index (Phi) is 5.89. The first-order valence-corrected chi connectivity index (χ1v) is 8.54. The van der Waals surface area contributed by atoms with Crippen LogP contribution < -0.4 is 0 Å². The number of methoxy groups -OCH3 is 1. The van der Waals surface area contributed by atoms with Crippen LogP contribution in [-0.2, 0) is 4.74 Å². The van der Waals surface area contributed by atoms with Crippen LogP contribution in [0, 0.1) is 0 Å². The van der Waals surface area contributed by atoms with E-state index in [1.54, 1.807) is 60.8 Å². The topological polar surface area (TPSA) is 106 Å². The zero-order valence-corrected chi connectivity index (χ0v) is 15.4. The maximum absolute atomic E-state index is 11.3. The molecule has 4 aromatic rings. The molecular weight excluding hydrogens is 372 g/mol. The van der Waals surface area contributed by atoms with E-state index < -0.39 is 5.97 Å². The molecule has 0 amide bonds. The van der Waals surface area contributed by atoms with Crippen molar-refractivity contribution in [1.29, 1.82) is 0 Å². The van der Waals surface area contributed by atoms with Gasteiger partial charge in [0.25, 0.3) is 0 Å². The van der Waals surface area contributed by atoms with Crippen LogP contribution in [0.3, 0.4) is 0 Å². The van der Waals surface area contributed by atoms with Gasteiger partial charge >= 0.3 is 11.9 Å². The van der Waals surface area contributed by atoms with Crippen molar-refractivity contribution in [2.75, 3.05) is 7.11 Å². The second-order valence-electron chi connectivity index (χ2n) is 5.97. The number of benzene rings is 2. The van der Waals surface area contributed by atoms with Crippen LogP contribution in [0.15, 0.2) is 66.9 Å². The van der Waals surface area contributed by atoms with Gasteiger partial charge in [-0.25, -0.2) is 14.6 Å². The number of carbonyl (C=O) groups is 3. The summed E-state index contributed by atoms with van der Waals surface area (Å²) in [6.45, 7) is 0. The molecule has 0 unspecified atom stereocenters. The van der Waals surface area contributed by atoms with Crippen LogP contribution in [0.1, 0.15) is 31.2 Å². The lowest BCUT2D eigenvalue weighted by Gasteiger charge is -2.01. The molecule has 2 aromatic carbocycles. The maximum atomic E-state index is 11.3. The molecule has 0 saturated carbocycles. The van der Waals surface area contributed by atoms with Crippen molar-refractivity contribution in [3.05, 3.63) is 83.7 Å². The fourth-order valence-corrected chi connectivity index (χ4v) is 2.66. The van der Waals surface area contributed by atoms with Crippen molar-refractivity contribution in [3.63, 3.8) is 0 Å². The number of carbonyl (C=O) groups excluding carboxylic acids is 2. The summed E-state index contributed by atoms with van der Waals surface area (Å²) in [5.41, 5.74) is 2.62. The number of esters is 1. The van der Waals surface area contributed by atoms with Crippen molar-refractivity contribution < 1.29 is 24.2 Å². The molecule has 1 N–H and O–H groups in total. The zero-order valence-electron chi connectivity index (χ0n) is 15.4. The lowest BCUT2D eigenvalue weighted by Crippen LogP contribution is -2.00. The second-order valence-corrected chi connectivity index (χ2v) is 5.97. The monoisotopic (exact) mass is 388 g/mol. The summed E-state index contributed by atoms with van der Waals surface area (Å²) in [6, 6.07) is 16.9. The fraction of sp³-hybridized carbons (Fsp3) is 0.0455. The minimum atomic E-state index is -0.911. The number of pyridine rings is 2. The molecule has 144 valence electrons. The SMILES string of the molecule is COC(=O)c1ccc2nc(C=O)ccc2c1.O=C(O)c1ccc2ncccc2c1. The van der Waals surface area contributed by atoms with Gasteiger partial charge in [-0.3, -0.25) is 9.78 Å². The van der Waals surface area contributed by atoms with Gasteiger partial charge in [0, 0.05) is 17.0 Å². The molecule has 0 spiro atoms. The third kappa shape index (κ3) is 4.59. The smallest absolute Gasteiger partial charge is 0.337 e. The maximum Gasteiger partial charge on any atom is 0.337 e. The molecule has 0 bridgehead atoms. The van der Waals surface area contributed by atoms with Crippen molar-refractivity contribution in [1.82, 2.24) is 9.97 Å². The number of carboxylic acids is 1. The first kappa shape index (κ1) is 19.6. The summed E-state index contributed by atoms with van der Waals surface area (Å²) < 4.78 is 4.61. The number of nitrogens with zero attached hydrogens (tertiary/aromatic N) is 2. The highest BCUT2D eigenvalue weighted by Gasteiger charge is 2.06. The summed E-state index contributed by atoms with van der Waals surface area (Å²) in [7, 11) is 1.33. The molecule has 7 nitrogen and oxygen atoms in total. The Morgan fingerprint density at radius 1 is 0.931 bits per heavy atom. The highest BCUT2D eigenvalue weighted by atomic mass is 16.5. The van der Waals surface area contributed by atoms with Crippen LogP contribution >= 0.6 is 0 Å². The number of aromatic nitrogens is 2. The third-order valence-electron chi connectivity index (χ3n) is 4.10. The molecule has 0 radical (unpaired) electrons. The third-order valence-corrected chi connectivity index (χ3v) is 4.10. The van der Waals surface area contributed by atoms with Crippen molar-refractivity contribution >= 4 is 40.0 Å². The van der Waals surface area contributed by atoms with Gasteiger partial charge in [-0.2, -0.15) is 0 Å². The summed E-state index contributed by atoms with van der Waals surface area (Å²) in [5, 5.41) is 10.4. The molecular formula is C22H16N2O5. The van der Waals surface area contributed by atoms with E-state index in [0.717, 1.165) is 16.3 Å². The van der Waals surface area contributed by atoms with E-state index in [4.69, 9.17) is 5.11 Å². The number of hydrogen-bond donors (Lipinski definition) is 1. The first-order valence-electron chi connectivity index (χ1n) is 8.54. The largest absolute Gasteiger partial charge is 0.478 e. The number of rotatable bonds is 3. The Morgan fingerprint density at radius 2 is 1.62 bits per heavy atom. The Labute approximate surface area is 165 Å². The predicted octanol–water partition coefficient (Wildman–Crippen LogP) is 3.77. The number of fused-ring (bicyclic) bond motifs is 2. The van der Waals surface area contributed by atoms with Crippen LogP contribution in [0.4, 0.5) is 0 Å². The van der Waals surface area contributed by atoms with Gasteiger partial charge in [0.15, 0.2) is 6.29 Å². The molecule has 2 heterocycles. The van der Waals surface area contributed by atoms with Crippen LogP contribution in [0.2, 0.25) is 0 Å². The van der Waals surface area contributed by atoms with E-state index in [1.165, 1.54) is 7.11 Å². The molecule has 29 heavy (non-hydrogen) atoms. The Bertz CT molecular complexity index is 1220. The van der Waals surface area contributed by atoms with Crippen molar-refractivity contribution in [2.24, 2.45) is 0 Å². The summed E-state index contributed by atoms with van der Waals surface area (Å²) in [5.74, 6) is -1.30. The van der Waals surface area contributed by atoms with E-state index in [2.05, 4.69) is 14.7 Å². The highest BCUT2D eigenvalue weighted by molar-refractivity contribution is 5.95. The van der Waals surface area contributed by atoms with E-state index in [-0.39, 0.29) is 5.97 Å². The highest BCUT2D eigenvalue weighted by Crippen LogP contribution is 2.15. The van der Waals surface area contributed by atoms with Gasteiger partial charge in [-0.15, -0.1) is 0 Å². The first-order chi connectivity index (χ1) is 14.0. The van der Waals surface area contributed by atoms with E-state index in [1.807, 2.05) is 6.07 Å².